The molecular formula is C10H18F2N2O. The van der Waals surface area contributed by atoms with Crippen LogP contribution < -0.4 is 0 Å². The molecule has 0 saturated heterocycles. The summed E-state index contributed by atoms with van der Waals surface area (Å²) in [4.78, 5) is 10.6. The van der Waals surface area contributed by atoms with Crippen LogP contribution in [0, 0.1) is 0 Å². The highest BCUT2D eigenvalue weighted by molar-refractivity contribution is 5.91. The molecule has 1 aromatic rings. The van der Waals surface area contributed by atoms with Crippen LogP contribution >= 0.6 is 0 Å². The van der Waals surface area contributed by atoms with Crippen LogP contribution in [0.2, 0.25) is 0 Å². The Morgan fingerprint density at radius 1 is 1.33 bits per heavy atom. The van der Waals surface area contributed by atoms with E-state index in [0.717, 1.165) is 6.20 Å². The number of hydrogen-bond donors (Lipinski definition) is 0. The average molecular weight is 220 g/mol. The highest BCUT2D eigenvalue weighted by atomic mass is 19.3. The summed E-state index contributed by atoms with van der Waals surface area (Å²) in [5, 5.41) is 3.33. The molecule has 0 fully saturated rings. The average Bonchev–Trinajstić information content (AvgIpc) is 2.73. The minimum atomic E-state index is -2.68. The monoisotopic (exact) mass is 220 g/mol. The van der Waals surface area contributed by atoms with Gasteiger partial charge in [0.25, 0.3) is 0 Å². The van der Waals surface area contributed by atoms with Crippen LogP contribution in [0.25, 0.3) is 0 Å². The molecule has 5 heteroatoms. The molecular weight excluding hydrogens is 202 g/mol. The van der Waals surface area contributed by atoms with Crippen molar-refractivity contribution in [3.8, 4) is 0 Å². The maximum absolute atomic E-state index is 11.8. The van der Waals surface area contributed by atoms with Crippen molar-refractivity contribution in [1.29, 1.82) is 0 Å². The number of carbonyl (C=O) groups excluding carboxylic acids is 1. The zero-order chi connectivity index (χ0) is 12.4. The highest BCUT2D eigenvalue weighted by Crippen LogP contribution is 2.08. The van der Waals surface area contributed by atoms with E-state index in [2.05, 4.69) is 5.10 Å². The minimum absolute atomic E-state index is 0.0605. The summed E-state index contributed by atoms with van der Waals surface area (Å²) in [5.41, 5.74) is 0.0605. The van der Waals surface area contributed by atoms with Crippen molar-refractivity contribution in [2.24, 2.45) is 0 Å². The summed E-state index contributed by atoms with van der Waals surface area (Å²) in [6, 6.07) is 1.26. The number of aromatic nitrogens is 2. The first kappa shape index (κ1) is 16.2. The second-order valence-electron chi connectivity index (χ2n) is 2.01. The van der Waals surface area contributed by atoms with Crippen LogP contribution in [0.3, 0.4) is 0 Å². The van der Waals surface area contributed by atoms with Gasteiger partial charge in [-0.1, -0.05) is 27.7 Å². The molecule has 0 atom stereocenters. The van der Waals surface area contributed by atoms with E-state index in [1.807, 2.05) is 27.7 Å². The molecule has 0 N–H and O–H groups in total. The molecule has 0 unspecified atom stereocenters. The van der Waals surface area contributed by atoms with Crippen molar-refractivity contribution >= 4 is 5.78 Å². The van der Waals surface area contributed by atoms with Gasteiger partial charge in [0.2, 0.25) is 0 Å². The van der Waals surface area contributed by atoms with Gasteiger partial charge in [-0.2, -0.15) is 13.9 Å². The topological polar surface area (TPSA) is 34.9 Å². The Kier molecular flexibility index (Phi) is 10.0. The number of rotatable bonds is 2. The Bertz CT molecular complexity index is 272. The van der Waals surface area contributed by atoms with Gasteiger partial charge in [-0.15, -0.1) is 0 Å². The van der Waals surface area contributed by atoms with Crippen LogP contribution in [0.1, 0.15) is 51.7 Å². The summed E-state index contributed by atoms with van der Waals surface area (Å²) in [5.74, 6) is -0.315. The SMILES string of the molecule is CC.CC.CC(=O)c1ccn(C(F)F)n1. The predicted molar refractivity (Wildman–Crippen MR) is 56.2 cm³/mol. The van der Waals surface area contributed by atoms with E-state index in [0.29, 0.717) is 4.68 Å². The molecule has 0 aromatic carbocycles. The molecule has 0 aliphatic rings. The molecule has 0 aliphatic heterocycles. The van der Waals surface area contributed by atoms with Gasteiger partial charge < -0.3 is 0 Å². The molecule has 0 radical (unpaired) electrons. The first-order chi connectivity index (χ1) is 7.11. The van der Waals surface area contributed by atoms with Crippen LogP contribution in [-0.2, 0) is 0 Å². The number of nitrogens with zero attached hydrogens (tertiary/aromatic N) is 2. The fourth-order valence-electron chi connectivity index (χ4n) is 0.635. The van der Waals surface area contributed by atoms with E-state index in [9.17, 15) is 13.6 Å². The second kappa shape index (κ2) is 9.30. The third-order valence-corrected chi connectivity index (χ3v) is 1.17. The molecule has 3 nitrogen and oxygen atoms in total. The van der Waals surface area contributed by atoms with Crippen molar-refractivity contribution in [2.75, 3.05) is 0 Å². The minimum Gasteiger partial charge on any atom is -0.293 e. The van der Waals surface area contributed by atoms with Gasteiger partial charge in [0.1, 0.15) is 5.69 Å². The number of hydrogen-bond acceptors (Lipinski definition) is 2. The Balaban J connectivity index is 0. The summed E-state index contributed by atoms with van der Waals surface area (Å²) in [6.45, 7) is 6.60. The lowest BCUT2D eigenvalue weighted by Gasteiger charge is -1.95. The largest absolute Gasteiger partial charge is 0.333 e. The Morgan fingerprint density at radius 3 is 2.00 bits per heavy atom. The Hall–Kier alpha value is -1.26. The molecule has 1 rings (SSSR count). The van der Waals surface area contributed by atoms with E-state index >= 15 is 0 Å². The molecule has 1 heterocycles. The number of ketones is 1. The van der Waals surface area contributed by atoms with E-state index in [-0.39, 0.29) is 11.5 Å². The van der Waals surface area contributed by atoms with E-state index in [1.54, 1.807) is 0 Å². The molecule has 1 aromatic heterocycles. The zero-order valence-corrected chi connectivity index (χ0v) is 9.79. The number of halogens is 2. The second-order valence-corrected chi connectivity index (χ2v) is 2.01. The van der Waals surface area contributed by atoms with Crippen molar-refractivity contribution < 1.29 is 13.6 Å². The van der Waals surface area contributed by atoms with Crippen LogP contribution in [0.5, 0.6) is 0 Å². The molecule has 0 bridgehead atoms. The molecule has 88 valence electrons. The first-order valence-electron chi connectivity index (χ1n) is 4.95. The molecule has 0 saturated carbocycles. The molecule has 0 amide bonds. The summed E-state index contributed by atoms with van der Waals surface area (Å²) in [6.07, 6.45) is 1.07. The van der Waals surface area contributed by atoms with Crippen molar-refractivity contribution in [3.63, 3.8) is 0 Å². The highest BCUT2D eigenvalue weighted by Gasteiger charge is 2.09. The fraction of sp³-hybridized carbons (Fsp3) is 0.600. The van der Waals surface area contributed by atoms with Gasteiger partial charge in [-0.3, -0.25) is 4.79 Å². The number of carbonyl (C=O) groups is 1. The third-order valence-electron chi connectivity index (χ3n) is 1.17. The van der Waals surface area contributed by atoms with Gasteiger partial charge in [-0.05, 0) is 6.07 Å². The predicted octanol–water partition coefficient (Wildman–Crippen LogP) is 3.53. The standard InChI is InChI=1S/C6H6F2N2O.2C2H6/c1-4(11)5-2-3-10(9-5)6(7)8;2*1-2/h2-3,6H,1H3;2*1-2H3. The van der Waals surface area contributed by atoms with Gasteiger partial charge in [0, 0.05) is 13.1 Å². The number of alkyl halides is 2. The maximum atomic E-state index is 11.8. The smallest absolute Gasteiger partial charge is 0.293 e. The van der Waals surface area contributed by atoms with Crippen LogP contribution in [0.15, 0.2) is 12.3 Å². The lowest BCUT2D eigenvalue weighted by Crippen LogP contribution is -2.01. The van der Waals surface area contributed by atoms with Crippen molar-refractivity contribution in [3.05, 3.63) is 18.0 Å². The van der Waals surface area contributed by atoms with E-state index in [1.165, 1.54) is 13.0 Å². The van der Waals surface area contributed by atoms with E-state index in [4.69, 9.17) is 0 Å². The third kappa shape index (κ3) is 5.93. The molecule has 15 heavy (non-hydrogen) atoms. The Morgan fingerprint density at radius 2 is 1.80 bits per heavy atom. The lowest BCUT2D eigenvalue weighted by atomic mass is 10.3. The van der Waals surface area contributed by atoms with Crippen LogP contribution in [0.4, 0.5) is 8.78 Å². The van der Waals surface area contributed by atoms with Gasteiger partial charge in [-0.25, -0.2) is 4.68 Å². The van der Waals surface area contributed by atoms with Crippen molar-refractivity contribution in [2.45, 2.75) is 41.2 Å². The normalized spacial score (nSPS) is 8.53. The molecule has 0 spiro atoms. The van der Waals surface area contributed by atoms with Gasteiger partial charge in [0.15, 0.2) is 5.78 Å². The summed E-state index contributed by atoms with van der Waals surface area (Å²) < 4.78 is 24.1. The number of Topliss-reactive ketones (excluding diaryl/α,β-unsaturated/α-hetero) is 1. The van der Waals surface area contributed by atoms with Crippen LogP contribution in [-0.4, -0.2) is 15.6 Å². The fourth-order valence-corrected chi connectivity index (χ4v) is 0.635. The first-order valence-corrected chi connectivity index (χ1v) is 4.95. The Labute approximate surface area is 89.1 Å². The molecule has 0 aliphatic carbocycles. The maximum Gasteiger partial charge on any atom is 0.333 e. The quantitative estimate of drug-likeness (QED) is 0.714. The van der Waals surface area contributed by atoms with Gasteiger partial charge in [0.05, 0.1) is 0 Å². The van der Waals surface area contributed by atoms with E-state index < -0.39 is 6.55 Å². The van der Waals surface area contributed by atoms with Gasteiger partial charge >= 0.3 is 6.55 Å². The zero-order valence-electron chi connectivity index (χ0n) is 9.79. The summed E-state index contributed by atoms with van der Waals surface area (Å²) >= 11 is 0. The lowest BCUT2D eigenvalue weighted by molar-refractivity contribution is 0.0561. The summed E-state index contributed by atoms with van der Waals surface area (Å²) in [7, 11) is 0. The van der Waals surface area contributed by atoms with Crippen molar-refractivity contribution in [1.82, 2.24) is 9.78 Å².